The summed E-state index contributed by atoms with van der Waals surface area (Å²) < 4.78 is 10.6. The monoisotopic (exact) mass is 310 g/mol. The van der Waals surface area contributed by atoms with Crippen LogP contribution in [0.2, 0.25) is 0 Å². The zero-order valence-corrected chi connectivity index (χ0v) is 13.8. The summed E-state index contributed by atoms with van der Waals surface area (Å²) in [6.07, 6.45) is 3.92. The van der Waals surface area contributed by atoms with Crippen molar-refractivity contribution >= 4 is 12.0 Å². The quantitative estimate of drug-likeness (QED) is 0.595. The standard InChI is InChI=1S/C20H22O3/c1-15-13-18(14-19(22-3)16(15)2)9-10-20(21)23-12-11-17-7-5-4-6-8-17/h4-10,13-14H,11-12H2,1-3H3/b10-9+. The predicted molar refractivity (Wildman–Crippen MR) is 92.6 cm³/mol. The molecule has 2 rings (SSSR count). The van der Waals surface area contributed by atoms with Gasteiger partial charge in [-0.25, -0.2) is 4.79 Å². The topological polar surface area (TPSA) is 35.5 Å². The fourth-order valence-corrected chi connectivity index (χ4v) is 2.29. The van der Waals surface area contributed by atoms with Crippen LogP contribution in [0, 0.1) is 13.8 Å². The lowest BCUT2D eigenvalue weighted by Gasteiger charge is -2.09. The molecule has 3 heteroatoms. The summed E-state index contributed by atoms with van der Waals surface area (Å²) in [5.74, 6) is 0.486. The molecule has 0 bridgehead atoms. The number of carbonyl (C=O) groups excluding carboxylic acids is 1. The van der Waals surface area contributed by atoms with Gasteiger partial charge in [-0.05, 0) is 48.2 Å². The van der Waals surface area contributed by atoms with Crippen LogP contribution in [0.1, 0.15) is 22.3 Å². The maximum Gasteiger partial charge on any atom is 0.330 e. The van der Waals surface area contributed by atoms with Gasteiger partial charge in [0.05, 0.1) is 13.7 Å². The molecule has 0 saturated carbocycles. The highest BCUT2D eigenvalue weighted by molar-refractivity contribution is 5.87. The molecule has 0 N–H and O–H groups in total. The van der Waals surface area contributed by atoms with Gasteiger partial charge < -0.3 is 9.47 Å². The molecule has 0 unspecified atom stereocenters. The van der Waals surface area contributed by atoms with E-state index >= 15 is 0 Å². The van der Waals surface area contributed by atoms with E-state index in [1.54, 1.807) is 13.2 Å². The number of methoxy groups -OCH3 is 1. The fraction of sp³-hybridized carbons (Fsp3) is 0.250. The zero-order chi connectivity index (χ0) is 16.7. The summed E-state index contributed by atoms with van der Waals surface area (Å²) in [5.41, 5.74) is 4.31. The van der Waals surface area contributed by atoms with Crippen LogP contribution in [0.4, 0.5) is 0 Å². The molecule has 0 spiro atoms. The SMILES string of the molecule is COc1cc(/C=C/C(=O)OCCc2ccccc2)cc(C)c1C. The van der Waals surface area contributed by atoms with Crippen LogP contribution in [-0.4, -0.2) is 19.7 Å². The summed E-state index contributed by atoms with van der Waals surface area (Å²) in [6.45, 7) is 4.41. The molecule has 0 aliphatic heterocycles. The first-order valence-electron chi connectivity index (χ1n) is 7.64. The molecule has 0 saturated heterocycles. The van der Waals surface area contributed by atoms with Crippen LogP contribution < -0.4 is 4.74 Å². The number of rotatable bonds is 6. The molecule has 2 aromatic carbocycles. The lowest BCUT2D eigenvalue weighted by Crippen LogP contribution is -2.04. The molecule has 3 nitrogen and oxygen atoms in total. The molecular formula is C20H22O3. The van der Waals surface area contributed by atoms with Gasteiger partial charge in [0.2, 0.25) is 0 Å². The first-order chi connectivity index (χ1) is 11.1. The maximum atomic E-state index is 11.8. The maximum absolute atomic E-state index is 11.8. The predicted octanol–water partition coefficient (Wildman–Crippen LogP) is 4.11. The Bertz CT molecular complexity index is 688. The molecule has 0 radical (unpaired) electrons. The van der Waals surface area contributed by atoms with E-state index in [9.17, 15) is 4.79 Å². The highest BCUT2D eigenvalue weighted by Crippen LogP contribution is 2.23. The summed E-state index contributed by atoms with van der Waals surface area (Å²) in [5, 5.41) is 0. The highest BCUT2D eigenvalue weighted by atomic mass is 16.5. The van der Waals surface area contributed by atoms with Crippen LogP contribution in [-0.2, 0) is 16.0 Å². The largest absolute Gasteiger partial charge is 0.496 e. The Hall–Kier alpha value is -2.55. The third kappa shape index (κ3) is 4.99. The number of ether oxygens (including phenoxy) is 2. The average Bonchev–Trinajstić information content (AvgIpc) is 2.56. The molecule has 0 amide bonds. The second-order valence-corrected chi connectivity index (χ2v) is 5.40. The van der Waals surface area contributed by atoms with Crippen LogP contribution in [0.3, 0.4) is 0 Å². The Kier molecular flexibility index (Phi) is 5.98. The Morgan fingerprint density at radius 2 is 1.87 bits per heavy atom. The van der Waals surface area contributed by atoms with Crippen molar-refractivity contribution in [2.75, 3.05) is 13.7 Å². The first kappa shape index (κ1) is 16.8. The minimum atomic E-state index is -0.335. The molecule has 0 heterocycles. The number of hydrogen-bond acceptors (Lipinski definition) is 3. The highest BCUT2D eigenvalue weighted by Gasteiger charge is 2.04. The van der Waals surface area contributed by atoms with Crippen molar-refractivity contribution in [2.45, 2.75) is 20.3 Å². The van der Waals surface area contributed by atoms with E-state index < -0.39 is 0 Å². The van der Waals surface area contributed by atoms with Gasteiger partial charge in [0.1, 0.15) is 5.75 Å². The number of esters is 1. The molecule has 23 heavy (non-hydrogen) atoms. The summed E-state index contributed by atoms with van der Waals surface area (Å²) in [4.78, 5) is 11.8. The Morgan fingerprint density at radius 3 is 2.57 bits per heavy atom. The van der Waals surface area contributed by atoms with Gasteiger partial charge in [-0.3, -0.25) is 0 Å². The van der Waals surface area contributed by atoms with E-state index in [-0.39, 0.29) is 5.97 Å². The summed E-state index contributed by atoms with van der Waals surface area (Å²) in [6, 6.07) is 13.9. The van der Waals surface area contributed by atoms with Crippen molar-refractivity contribution < 1.29 is 14.3 Å². The van der Waals surface area contributed by atoms with Gasteiger partial charge in [-0.2, -0.15) is 0 Å². The lowest BCUT2D eigenvalue weighted by molar-refractivity contribution is -0.137. The Labute approximate surface area is 137 Å². The second kappa shape index (κ2) is 8.18. The molecule has 0 aliphatic rings. The Balaban J connectivity index is 1.90. The fourth-order valence-electron chi connectivity index (χ4n) is 2.29. The summed E-state index contributed by atoms with van der Waals surface area (Å²) >= 11 is 0. The van der Waals surface area contributed by atoms with E-state index in [1.807, 2.05) is 56.3 Å². The smallest absolute Gasteiger partial charge is 0.330 e. The van der Waals surface area contributed by atoms with Crippen molar-refractivity contribution in [1.29, 1.82) is 0 Å². The van der Waals surface area contributed by atoms with Gasteiger partial charge in [0.25, 0.3) is 0 Å². The minimum Gasteiger partial charge on any atom is -0.496 e. The van der Waals surface area contributed by atoms with Crippen molar-refractivity contribution in [2.24, 2.45) is 0 Å². The van der Waals surface area contributed by atoms with E-state index in [2.05, 4.69) is 0 Å². The first-order valence-corrected chi connectivity index (χ1v) is 7.64. The van der Waals surface area contributed by atoms with Gasteiger partial charge in [0, 0.05) is 12.5 Å². The van der Waals surface area contributed by atoms with Crippen LogP contribution >= 0.6 is 0 Å². The van der Waals surface area contributed by atoms with Gasteiger partial charge in [-0.15, -0.1) is 0 Å². The van der Waals surface area contributed by atoms with E-state index in [1.165, 1.54) is 6.08 Å². The lowest BCUT2D eigenvalue weighted by atomic mass is 10.0. The van der Waals surface area contributed by atoms with Crippen LogP contribution in [0.5, 0.6) is 5.75 Å². The third-order valence-corrected chi connectivity index (χ3v) is 3.75. The number of carbonyl (C=O) groups is 1. The van der Waals surface area contributed by atoms with Crippen LogP contribution in [0.15, 0.2) is 48.5 Å². The van der Waals surface area contributed by atoms with Crippen molar-refractivity contribution in [3.63, 3.8) is 0 Å². The van der Waals surface area contributed by atoms with Crippen LogP contribution in [0.25, 0.3) is 6.08 Å². The van der Waals surface area contributed by atoms with E-state index in [0.29, 0.717) is 6.61 Å². The normalized spacial score (nSPS) is 10.7. The molecule has 0 aromatic heterocycles. The third-order valence-electron chi connectivity index (χ3n) is 3.75. The number of benzene rings is 2. The van der Waals surface area contributed by atoms with Gasteiger partial charge in [0.15, 0.2) is 0 Å². The number of hydrogen-bond donors (Lipinski definition) is 0. The molecule has 0 aliphatic carbocycles. The molecule has 0 atom stereocenters. The zero-order valence-electron chi connectivity index (χ0n) is 13.8. The summed E-state index contributed by atoms with van der Waals surface area (Å²) in [7, 11) is 1.65. The van der Waals surface area contributed by atoms with E-state index in [4.69, 9.17) is 9.47 Å². The number of aryl methyl sites for hydroxylation is 1. The molecule has 2 aromatic rings. The Morgan fingerprint density at radius 1 is 1.13 bits per heavy atom. The molecular weight excluding hydrogens is 288 g/mol. The van der Waals surface area contributed by atoms with Crippen molar-refractivity contribution in [3.05, 3.63) is 70.8 Å². The van der Waals surface area contributed by atoms with Crippen molar-refractivity contribution in [1.82, 2.24) is 0 Å². The average molecular weight is 310 g/mol. The van der Waals surface area contributed by atoms with E-state index in [0.717, 1.165) is 34.4 Å². The minimum absolute atomic E-state index is 0.335. The van der Waals surface area contributed by atoms with Gasteiger partial charge >= 0.3 is 5.97 Å². The second-order valence-electron chi connectivity index (χ2n) is 5.40. The molecule has 0 fully saturated rings. The van der Waals surface area contributed by atoms with Gasteiger partial charge in [-0.1, -0.05) is 36.4 Å². The molecule has 120 valence electrons. The van der Waals surface area contributed by atoms with Crippen molar-refractivity contribution in [3.8, 4) is 5.75 Å².